The summed E-state index contributed by atoms with van der Waals surface area (Å²) in [6.07, 6.45) is 0. The number of nitrogens with one attached hydrogen (secondary N) is 2. The highest BCUT2D eigenvalue weighted by atomic mass is 35.5. The minimum Gasteiger partial charge on any atom is -0.299 e. The first-order chi connectivity index (χ1) is 5.83. The highest BCUT2D eigenvalue weighted by Crippen LogP contribution is 2.02. The number of para-hydroxylation sites is 1. The van der Waals surface area contributed by atoms with Crippen LogP contribution in [-0.2, 0) is 4.79 Å². The van der Waals surface area contributed by atoms with Crippen molar-refractivity contribution in [3.8, 4) is 0 Å². The van der Waals surface area contributed by atoms with Crippen LogP contribution in [0.2, 0.25) is 0 Å². The molecular weight excluding hydrogens is 176 g/mol. The van der Waals surface area contributed by atoms with Gasteiger partial charge in [-0.3, -0.25) is 15.6 Å². The van der Waals surface area contributed by atoms with E-state index in [-0.39, 0.29) is 11.8 Å². The fraction of sp³-hybridized carbons (Fsp3) is 0.125. The number of benzene rings is 1. The number of anilines is 1. The van der Waals surface area contributed by atoms with Crippen molar-refractivity contribution in [3.05, 3.63) is 30.3 Å². The van der Waals surface area contributed by atoms with Gasteiger partial charge in [0.25, 0.3) is 5.91 Å². The molecule has 64 valence electrons. The number of carbonyl (C=O) groups excluding carboxylic acids is 1. The van der Waals surface area contributed by atoms with Crippen molar-refractivity contribution in [2.24, 2.45) is 0 Å². The molecule has 0 unspecified atom stereocenters. The molecule has 0 fully saturated rings. The standard InChI is InChI=1S/C8H9ClN2O/c9-6-8(12)11-10-7-4-2-1-3-5-7/h1-5,10H,6H2,(H,11,12). The number of hydrazine groups is 1. The van der Waals surface area contributed by atoms with Crippen molar-refractivity contribution in [2.45, 2.75) is 0 Å². The fourth-order valence-corrected chi connectivity index (χ4v) is 0.764. The van der Waals surface area contributed by atoms with Crippen LogP contribution >= 0.6 is 11.6 Å². The Morgan fingerprint density at radius 1 is 1.33 bits per heavy atom. The van der Waals surface area contributed by atoms with Crippen molar-refractivity contribution in [2.75, 3.05) is 11.3 Å². The van der Waals surface area contributed by atoms with Gasteiger partial charge in [-0.1, -0.05) is 18.2 Å². The van der Waals surface area contributed by atoms with Crippen molar-refractivity contribution in [1.29, 1.82) is 0 Å². The van der Waals surface area contributed by atoms with Crippen LogP contribution in [0.25, 0.3) is 0 Å². The summed E-state index contributed by atoms with van der Waals surface area (Å²) >= 11 is 5.27. The Morgan fingerprint density at radius 2 is 2.00 bits per heavy atom. The number of hydrogen-bond acceptors (Lipinski definition) is 2. The van der Waals surface area contributed by atoms with Gasteiger partial charge in [0.1, 0.15) is 5.88 Å². The third-order valence-electron chi connectivity index (χ3n) is 1.24. The van der Waals surface area contributed by atoms with E-state index >= 15 is 0 Å². The molecule has 4 heteroatoms. The molecule has 0 bridgehead atoms. The molecule has 0 saturated heterocycles. The number of halogens is 1. The summed E-state index contributed by atoms with van der Waals surface area (Å²) in [6, 6.07) is 9.32. The molecular formula is C8H9ClN2O. The van der Waals surface area contributed by atoms with E-state index in [1.807, 2.05) is 30.3 Å². The fourth-order valence-electron chi connectivity index (χ4n) is 0.697. The molecule has 0 aliphatic carbocycles. The summed E-state index contributed by atoms with van der Waals surface area (Å²) in [5.41, 5.74) is 5.97. The van der Waals surface area contributed by atoms with Gasteiger partial charge in [0.15, 0.2) is 0 Å². The Bertz CT molecular complexity index is 250. The van der Waals surface area contributed by atoms with Crippen LogP contribution in [0.15, 0.2) is 30.3 Å². The SMILES string of the molecule is O=C(CCl)NNc1ccccc1. The normalized spacial score (nSPS) is 9.08. The number of hydrogen-bond donors (Lipinski definition) is 2. The monoisotopic (exact) mass is 184 g/mol. The van der Waals surface area contributed by atoms with Crippen molar-refractivity contribution in [1.82, 2.24) is 5.43 Å². The van der Waals surface area contributed by atoms with Gasteiger partial charge in [0, 0.05) is 0 Å². The van der Waals surface area contributed by atoms with Crippen LogP contribution in [0.5, 0.6) is 0 Å². The molecule has 0 heterocycles. The second-order valence-corrected chi connectivity index (χ2v) is 2.44. The van der Waals surface area contributed by atoms with Gasteiger partial charge in [0.2, 0.25) is 0 Å². The molecule has 0 spiro atoms. The highest BCUT2D eigenvalue weighted by Gasteiger charge is 1.95. The van der Waals surface area contributed by atoms with E-state index in [1.54, 1.807) is 0 Å². The summed E-state index contributed by atoms with van der Waals surface area (Å²) in [5.74, 6) is -0.291. The second-order valence-electron chi connectivity index (χ2n) is 2.17. The van der Waals surface area contributed by atoms with Gasteiger partial charge in [-0.2, -0.15) is 0 Å². The molecule has 2 N–H and O–H groups in total. The lowest BCUT2D eigenvalue weighted by atomic mass is 10.3. The quantitative estimate of drug-likeness (QED) is 0.550. The molecule has 0 atom stereocenters. The van der Waals surface area contributed by atoms with Gasteiger partial charge in [-0.05, 0) is 12.1 Å². The van der Waals surface area contributed by atoms with Gasteiger partial charge in [-0.25, -0.2) is 0 Å². The average molecular weight is 185 g/mol. The predicted octanol–water partition coefficient (Wildman–Crippen LogP) is 1.37. The summed E-state index contributed by atoms with van der Waals surface area (Å²) in [6.45, 7) is 0. The molecule has 0 aliphatic heterocycles. The minimum atomic E-state index is -0.250. The maximum Gasteiger partial charge on any atom is 0.253 e. The number of alkyl halides is 1. The third kappa shape index (κ3) is 2.80. The zero-order valence-corrected chi connectivity index (χ0v) is 7.14. The molecule has 1 aromatic carbocycles. The van der Waals surface area contributed by atoms with Crippen LogP contribution in [0.1, 0.15) is 0 Å². The van der Waals surface area contributed by atoms with Crippen molar-refractivity contribution < 1.29 is 4.79 Å². The average Bonchev–Trinajstić information content (AvgIpc) is 2.16. The Morgan fingerprint density at radius 3 is 2.58 bits per heavy atom. The first-order valence-corrected chi connectivity index (χ1v) is 4.02. The van der Waals surface area contributed by atoms with E-state index in [0.29, 0.717) is 0 Å². The van der Waals surface area contributed by atoms with Gasteiger partial charge < -0.3 is 0 Å². The van der Waals surface area contributed by atoms with Crippen LogP contribution < -0.4 is 10.9 Å². The highest BCUT2D eigenvalue weighted by molar-refractivity contribution is 6.27. The molecule has 1 amide bonds. The van der Waals surface area contributed by atoms with E-state index in [0.717, 1.165) is 5.69 Å². The first-order valence-electron chi connectivity index (χ1n) is 3.49. The zero-order valence-electron chi connectivity index (χ0n) is 6.38. The Hall–Kier alpha value is -1.22. The van der Waals surface area contributed by atoms with E-state index in [4.69, 9.17) is 11.6 Å². The van der Waals surface area contributed by atoms with E-state index < -0.39 is 0 Å². The third-order valence-corrected chi connectivity index (χ3v) is 1.48. The molecule has 0 radical (unpaired) electrons. The second kappa shape index (κ2) is 4.62. The van der Waals surface area contributed by atoms with Crippen LogP contribution in [-0.4, -0.2) is 11.8 Å². The molecule has 1 rings (SSSR count). The molecule has 12 heavy (non-hydrogen) atoms. The molecule has 0 aromatic heterocycles. The number of rotatable bonds is 3. The van der Waals surface area contributed by atoms with Crippen LogP contribution in [0.4, 0.5) is 5.69 Å². The first kappa shape index (κ1) is 8.87. The van der Waals surface area contributed by atoms with E-state index in [2.05, 4.69) is 10.9 Å². The van der Waals surface area contributed by atoms with E-state index in [1.165, 1.54) is 0 Å². The lowest BCUT2D eigenvalue weighted by Crippen LogP contribution is -2.30. The van der Waals surface area contributed by atoms with Gasteiger partial charge in [0.05, 0.1) is 5.69 Å². The number of carbonyl (C=O) groups is 1. The summed E-state index contributed by atoms with van der Waals surface area (Å²) in [4.78, 5) is 10.7. The Kier molecular flexibility index (Phi) is 3.41. The summed E-state index contributed by atoms with van der Waals surface area (Å²) < 4.78 is 0. The maximum absolute atomic E-state index is 10.7. The van der Waals surface area contributed by atoms with Crippen LogP contribution in [0.3, 0.4) is 0 Å². The molecule has 0 saturated carbocycles. The zero-order chi connectivity index (χ0) is 8.81. The van der Waals surface area contributed by atoms with Gasteiger partial charge in [-0.15, -0.1) is 11.6 Å². The largest absolute Gasteiger partial charge is 0.299 e. The minimum absolute atomic E-state index is 0.0418. The Balaban J connectivity index is 2.38. The van der Waals surface area contributed by atoms with Crippen molar-refractivity contribution >= 4 is 23.2 Å². The number of amides is 1. The molecule has 3 nitrogen and oxygen atoms in total. The topological polar surface area (TPSA) is 41.1 Å². The molecule has 1 aromatic rings. The summed E-state index contributed by atoms with van der Waals surface area (Å²) in [5, 5.41) is 0. The maximum atomic E-state index is 10.7. The smallest absolute Gasteiger partial charge is 0.253 e. The predicted molar refractivity (Wildman–Crippen MR) is 48.9 cm³/mol. The van der Waals surface area contributed by atoms with E-state index in [9.17, 15) is 4.79 Å². The van der Waals surface area contributed by atoms with Gasteiger partial charge >= 0.3 is 0 Å². The lowest BCUT2D eigenvalue weighted by molar-refractivity contribution is -0.118. The summed E-state index contributed by atoms with van der Waals surface area (Å²) in [7, 11) is 0. The molecule has 0 aliphatic rings. The Labute approximate surface area is 75.7 Å². The van der Waals surface area contributed by atoms with Crippen molar-refractivity contribution in [3.63, 3.8) is 0 Å². The lowest BCUT2D eigenvalue weighted by Gasteiger charge is -2.05. The van der Waals surface area contributed by atoms with Crippen LogP contribution in [0, 0.1) is 0 Å².